The Morgan fingerprint density at radius 3 is 1.48 bits per heavy atom. The molecule has 0 aliphatic rings. The van der Waals surface area contributed by atoms with E-state index in [4.69, 9.17) is 0 Å². The van der Waals surface area contributed by atoms with E-state index in [1.54, 1.807) is 76.0 Å². The van der Waals surface area contributed by atoms with Gasteiger partial charge in [0.1, 0.15) is 5.69 Å². The number of anilines is 3. The fourth-order valence-corrected chi connectivity index (χ4v) is 7.28. The molecule has 3 aromatic heterocycles. The predicted octanol–water partition coefficient (Wildman–Crippen LogP) is 10.4. The topological polar surface area (TPSA) is 99.6 Å². The van der Waals surface area contributed by atoms with Gasteiger partial charge in [-0.3, -0.25) is 19.4 Å². The van der Waals surface area contributed by atoms with E-state index in [0.717, 1.165) is 27.8 Å². The van der Waals surface area contributed by atoms with Gasteiger partial charge in [-0.2, -0.15) is 0 Å². The Labute approximate surface area is 381 Å². The molecular formula is C53H41IrN6O3. The number of hydrogen-bond donors (Lipinski definition) is 0. The second-order valence-electron chi connectivity index (χ2n) is 14.9. The number of carbonyl (C=O) groups excluding carboxylic acids is 3. The van der Waals surface area contributed by atoms with Crippen LogP contribution in [0.15, 0.2) is 158 Å². The van der Waals surface area contributed by atoms with Crippen molar-refractivity contribution >= 4 is 34.8 Å². The van der Waals surface area contributed by atoms with E-state index in [9.17, 15) is 14.4 Å². The van der Waals surface area contributed by atoms with Crippen LogP contribution in [-0.4, -0.2) is 53.8 Å². The van der Waals surface area contributed by atoms with Gasteiger partial charge >= 0.3 is 20.1 Å². The van der Waals surface area contributed by atoms with Gasteiger partial charge in [0.15, 0.2) is 0 Å². The number of aromatic nitrogens is 3. The van der Waals surface area contributed by atoms with Crippen molar-refractivity contribution in [3.63, 3.8) is 0 Å². The van der Waals surface area contributed by atoms with Crippen molar-refractivity contribution in [1.82, 2.24) is 15.0 Å². The quantitative estimate of drug-likeness (QED) is 0.127. The monoisotopic (exact) mass is 1000 g/mol. The molecule has 0 spiro atoms. The molecule has 8 aromatic rings. The second kappa shape index (κ2) is 19.1. The first-order chi connectivity index (χ1) is 30.0. The van der Waals surface area contributed by atoms with E-state index in [-0.39, 0.29) is 43.5 Å². The summed E-state index contributed by atoms with van der Waals surface area (Å²) in [6, 6.07) is 52.7. The van der Waals surface area contributed by atoms with Crippen LogP contribution in [0.2, 0.25) is 0 Å². The number of amides is 3. The maximum atomic E-state index is 14.2. The molecule has 5 aromatic carbocycles. The van der Waals surface area contributed by atoms with Gasteiger partial charge in [-0.15, -0.1) is 107 Å². The molecule has 10 heteroatoms. The maximum Gasteiger partial charge on any atom is 3.00 e. The Bertz CT molecular complexity index is 2770. The van der Waals surface area contributed by atoms with Gasteiger partial charge in [-0.25, -0.2) is 0 Å². The summed E-state index contributed by atoms with van der Waals surface area (Å²) < 4.78 is 0. The molecule has 9 nitrogen and oxygen atoms in total. The molecule has 8 rings (SSSR count). The molecular weight excluding hydrogens is 961 g/mol. The van der Waals surface area contributed by atoms with E-state index in [2.05, 4.69) is 71.3 Å². The predicted molar refractivity (Wildman–Crippen MR) is 245 cm³/mol. The molecule has 310 valence electrons. The molecule has 0 saturated heterocycles. The van der Waals surface area contributed by atoms with Crippen LogP contribution >= 0.6 is 0 Å². The minimum absolute atomic E-state index is 0. The summed E-state index contributed by atoms with van der Waals surface area (Å²) in [5.74, 6) is -1.05. The first-order valence-corrected chi connectivity index (χ1v) is 20.0. The third kappa shape index (κ3) is 9.43. The summed E-state index contributed by atoms with van der Waals surface area (Å²) in [6.07, 6.45) is 4.72. The number of aryl methyl sites for hydroxylation is 2. The van der Waals surface area contributed by atoms with Crippen LogP contribution in [0, 0.1) is 32.0 Å². The first-order valence-electron chi connectivity index (χ1n) is 20.0. The Balaban J connectivity index is 0.00000595. The molecule has 0 saturated carbocycles. The van der Waals surface area contributed by atoms with Crippen LogP contribution in [0.4, 0.5) is 17.1 Å². The molecule has 0 atom stereocenters. The summed E-state index contributed by atoms with van der Waals surface area (Å²) in [4.78, 5) is 60.2. The first kappa shape index (κ1) is 43.7. The Hall–Kier alpha value is -7.39. The van der Waals surface area contributed by atoms with Gasteiger partial charge in [0.2, 0.25) is 0 Å². The smallest absolute Gasteiger partial charge is 0.311 e. The van der Waals surface area contributed by atoms with Crippen molar-refractivity contribution in [3.8, 4) is 44.8 Å². The van der Waals surface area contributed by atoms with Crippen LogP contribution in [-0.2, 0) is 20.1 Å². The van der Waals surface area contributed by atoms with Gasteiger partial charge in [-0.05, 0) is 72.4 Å². The van der Waals surface area contributed by atoms with E-state index in [0.29, 0.717) is 39.6 Å². The fourth-order valence-electron chi connectivity index (χ4n) is 7.28. The molecule has 0 bridgehead atoms. The summed E-state index contributed by atoms with van der Waals surface area (Å²) in [7, 11) is 4.92. The largest absolute Gasteiger partial charge is 3.00 e. The van der Waals surface area contributed by atoms with Crippen LogP contribution in [0.3, 0.4) is 0 Å². The third-order valence-electron chi connectivity index (χ3n) is 10.8. The van der Waals surface area contributed by atoms with Gasteiger partial charge in [-0.1, -0.05) is 54.1 Å². The normalized spacial score (nSPS) is 10.7. The molecule has 0 aliphatic carbocycles. The fraction of sp³-hybridized carbons (Fsp3) is 0.0943. The Morgan fingerprint density at radius 1 is 0.460 bits per heavy atom. The molecule has 0 unspecified atom stereocenters. The van der Waals surface area contributed by atoms with Crippen LogP contribution in [0.25, 0.3) is 44.8 Å². The second-order valence-corrected chi connectivity index (χ2v) is 14.9. The number of carbonyl (C=O) groups is 3. The van der Waals surface area contributed by atoms with Gasteiger partial charge in [0, 0.05) is 50.6 Å². The zero-order valence-corrected chi connectivity index (χ0v) is 37.6. The molecule has 63 heavy (non-hydrogen) atoms. The van der Waals surface area contributed by atoms with Crippen LogP contribution < -0.4 is 14.7 Å². The standard InChI is InChI=1S/C53H41N6O3.Ir/c1-35-14-12-15-36(2)50(35)40-21-13-20-39(28-40)48-26-24-43(34-55-48)52(61)58(4)45-29-44(57(3)51(60)42-23-25-47(54-33-42)38-18-10-7-11-19-38)30-46(31-45)59(5)53(62)49-27-22-41(32-56-49)37-16-8-6-9-17-37;/h6-16,18,21-34H,1-5H3;/q-3;+3. The molecule has 0 fully saturated rings. The minimum atomic E-state index is -0.379. The summed E-state index contributed by atoms with van der Waals surface area (Å²) in [6.45, 7) is 4.20. The molecule has 3 heterocycles. The molecule has 0 aliphatic heterocycles. The number of pyridine rings is 3. The van der Waals surface area contributed by atoms with Crippen molar-refractivity contribution in [2.24, 2.45) is 0 Å². The number of hydrogen-bond acceptors (Lipinski definition) is 6. The zero-order chi connectivity index (χ0) is 43.3. The Morgan fingerprint density at radius 2 is 0.984 bits per heavy atom. The van der Waals surface area contributed by atoms with Crippen molar-refractivity contribution < 1.29 is 34.5 Å². The van der Waals surface area contributed by atoms with Crippen LogP contribution in [0.1, 0.15) is 42.3 Å². The zero-order valence-electron chi connectivity index (χ0n) is 35.3. The third-order valence-corrected chi connectivity index (χ3v) is 10.8. The molecule has 0 radical (unpaired) electrons. The van der Waals surface area contributed by atoms with Gasteiger partial charge in [0.05, 0.1) is 11.1 Å². The van der Waals surface area contributed by atoms with Crippen molar-refractivity contribution in [3.05, 3.63) is 204 Å². The summed E-state index contributed by atoms with van der Waals surface area (Å²) in [5.41, 5.74) is 11.5. The van der Waals surface area contributed by atoms with Crippen molar-refractivity contribution in [2.45, 2.75) is 13.8 Å². The van der Waals surface area contributed by atoms with Crippen molar-refractivity contribution in [2.75, 3.05) is 35.8 Å². The van der Waals surface area contributed by atoms with E-state index in [1.807, 2.05) is 72.8 Å². The number of nitrogens with zero attached hydrogens (tertiary/aromatic N) is 6. The van der Waals surface area contributed by atoms with E-state index >= 15 is 0 Å². The van der Waals surface area contributed by atoms with Crippen molar-refractivity contribution in [1.29, 1.82) is 0 Å². The minimum Gasteiger partial charge on any atom is -0.311 e. The maximum absolute atomic E-state index is 14.2. The van der Waals surface area contributed by atoms with Gasteiger partial charge < -0.3 is 24.7 Å². The Kier molecular flexibility index (Phi) is 13.3. The molecule has 3 amide bonds. The van der Waals surface area contributed by atoms with Gasteiger partial charge in [0.25, 0.3) is 17.7 Å². The average molecular weight is 1000 g/mol. The van der Waals surface area contributed by atoms with E-state index in [1.165, 1.54) is 37.6 Å². The number of benzene rings is 5. The summed E-state index contributed by atoms with van der Waals surface area (Å²) in [5, 5.41) is 0. The SMILES string of the molecule is Cc1cccc(C)c1-c1cc[c-]c(-c2ccc(C(=O)N(C)c3cc(N(C)C(=O)c4ccc(-c5[c-]cccc5)nc4)cc(N(C)C(=O)c4ccc(-c5[c-]cccc5)cn4)c3)cn2)c1.[Ir+3]. The molecule has 0 N–H and O–H groups in total. The summed E-state index contributed by atoms with van der Waals surface area (Å²) >= 11 is 0. The van der Waals surface area contributed by atoms with E-state index < -0.39 is 0 Å². The van der Waals surface area contributed by atoms with Crippen LogP contribution in [0.5, 0.6) is 0 Å². The number of rotatable bonds is 10. The average Bonchev–Trinajstić information content (AvgIpc) is 3.33.